The molecular formula is C15H18N2O2. The largest absolute Gasteiger partial charge is 0.329 e. The molecule has 0 bridgehead atoms. The number of piperazine rings is 1. The van der Waals surface area contributed by atoms with Crippen LogP contribution in [-0.4, -0.2) is 35.8 Å². The zero-order valence-electron chi connectivity index (χ0n) is 11.3. The normalized spacial score (nSPS) is 22.9. The van der Waals surface area contributed by atoms with Crippen LogP contribution in [0.4, 0.5) is 5.69 Å². The number of fused-ring (bicyclic) bond motifs is 1. The van der Waals surface area contributed by atoms with Gasteiger partial charge in [-0.3, -0.25) is 9.59 Å². The van der Waals surface area contributed by atoms with Gasteiger partial charge in [0.2, 0.25) is 11.8 Å². The summed E-state index contributed by atoms with van der Waals surface area (Å²) in [6, 6.07) is 5.75. The Morgan fingerprint density at radius 2 is 2.00 bits per heavy atom. The van der Waals surface area contributed by atoms with E-state index in [0.29, 0.717) is 0 Å². The molecule has 2 aliphatic heterocycles. The minimum absolute atomic E-state index is 0.0714. The van der Waals surface area contributed by atoms with E-state index in [1.165, 1.54) is 5.56 Å². The molecule has 1 atom stereocenters. The Morgan fingerprint density at radius 3 is 2.74 bits per heavy atom. The quantitative estimate of drug-likeness (QED) is 0.768. The van der Waals surface area contributed by atoms with Crippen LogP contribution in [0.1, 0.15) is 24.0 Å². The molecule has 2 amide bonds. The Hall–Kier alpha value is -1.84. The van der Waals surface area contributed by atoms with Gasteiger partial charge in [0.15, 0.2) is 0 Å². The third-order valence-electron chi connectivity index (χ3n) is 4.06. The van der Waals surface area contributed by atoms with Gasteiger partial charge in [0.05, 0.1) is 0 Å². The number of hydrogen-bond acceptors (Lipinski definition) is 2. The summed E-state index contributed by atoms with van der Waals surface area (Å²) in [7, 11) is 0. The van der Waals surface area contributed by atoms with Crippen LogP contribution in [-0.2, 0) is 9.59 Å². The maximum Gasteiger partial charge on any atom is 0.250 e. The van der Waals surface area contributed by atoms with Crippen LogP contribution >= 0.6 is 0 Å². The van der Waals surface area contributed by atoms with Crippen molar-refractivity contribution in [3.8, 4) is 0 Å². The standard InChI is InChI=1S/C15H18N2O2/c1-10-5-6-12(11(2)8-10)17-9-14(18)16-7-3-4-13(16)15(17)19/h5-6,8,13H,3-4,7,9H2,1-2H3. The number of hydrogen-bond donors (Lipinski definition) is 0. The van der Waals surface area contributed by atoms with Gasteiger partial charge in [0, 0.05) is 12.2 Å². The van der Waals surface area contributed by atoms with E-state index >= 15 is 0 Å². The number of rotatable bonds is 1. The van der Waals surface area contributed by atoms with E-state index in [-0.39, 0.29) is 24.4 Å². The molecule has 1 aromatic carbocycles. The van der Waals surface area contributed by atoms with Gasteiger partial charge in [-0.1, -0.05) is 17.7 Å². The van der Waals surface area contributed by atoms with Gasteiger partial charge in [-0.25, -0.2) is 0 Å². The van der Waals surface area contributed by atoms with Gasteiger partial charge in [-0.05, 0) is 38.3 Å². The molecule has 2 fully saturated rings. The summed E-state index contributed by atoms with van der Waals surface area (Å²) in [5.41, 5.74) is 3.09. The number of nitrogens with zero attached hydrogens (tertiary/aromatic N) is 2. The van der Waals surface area contributed by atoms with E-state index in [2.05, 4.69) is 0 Å². The second-order valence-electron chi connectivity index (χ2n) is 5.46. The van der Waals surface area contributed by atoms with Gasteiger partial charge in [0.25, 0.3) is 0 Å². The molecule has 4 nitrogen and oxygen atoms in total. The van der Waals surface area contributed by atoms with E-state index in [1.54, 1.807) is 9.80 Å². The minimum atomic E-state index is -0.234. The van der Waals surface area contributed by atoms with Crippen LogP contribution < -0.4 is 4.90 Å². The van der Waals surface area contributed by atoms with Crippen molar-refractivity contribution in [3.05, 3.63) is 29.3 Å². The summed E-state index contributed by atoms with van der Waals surface area (Å²) in [6.07, 6.45) is 1.73. The topological polar surface area (TPSA) is 40.6 Å². The summed E-state index contributed by atoms with van der Waals surface area (Å²) < 4.78 is 0. The molecule has 4 heteroatoms. The molecule has 0 N–H and O–H groups in total. The Labute approximate surface area is 113 Å². The Morgan fingerprint density at radius 1 is 1.21 bits per heavy atom. The number of anilines is 1. The molecule has 100 valence electrons. The van der Waals surface area contributed by atoms with Crippen LogP contribution in [0, 0.1) is 13.8 Å². The fraction of sp³-hybridized carbons (Fsp3) is 0.467. The molecule has 0 spiro atoms. The number of carbonyl (C=O) groups is 2. The molecule has 0 aromatic heterocycles. The number of amides is 2. The third kappa shape index (κ3) is 1.91. The Balaban J connectivity index is 1.96. The predicted molar refractivity (Wildman–Crippen MR) is 73.0 cm³/mol. The van der Waals surface area contributed by atoms with Gasteiger partial charge in [-0.2, -0.15) is 0 Å². The van der Waals surface area contributed by atoms with Crippen molar-refractivity contribution in [1.29, 1.82) is 0 Å². The van der Waals surface area contributed by atoms with Crippen molar-refractivity contribution in [1.82, 2.24) is 4.90 Å². The van der Waals surface area contributed by atoms with Crippen molar-refractivity contribution >= 4 is 17.5 Å². The highest BCUT2D eigenvalue weighted by atomic mass is 16.2. The maximum atomic E-state index is 12.5. The van der Waals surface area contributed by atoms with Crippen molar-refractivity contribution in [2.24, 2.45) is 0 Å². The highest BCUT2D eigenvalue weighted by Gasteiger charge is 2.42. The van der Waals surface area contributed by atoms with Gasteiger partial charge in [-0.15, -0.1) is 0 Å². The molecule has 0 radical (unpaired) electrons. The molecule has 1 unspecified atom stereocenters. The van der Waals surface area contributed by atoms with Gasteiger partial charge in [0.1, 0.15) is 12.6 Å². The first kappa shape index (κ1) is 12.2. The Bertz CT molecular complexity index is 553. The average Bonchev–Trinajstić information content (AvgIpc) is 2.84. The predicted octanol–water partition coefficient (Wildman–Crippen LogP) is 1.64. The number of benzene rings is 1. The van der Waals surface area contributed by atoms with Gasteiger partial charge < -0.3 is 9.80 Å². The lowest BCUT2D eigenvalue weighted by molar-refractivity contribution is -0.140. The summed E-state index contributed by atoms with van der Waals surface area (Å²) in [4.78, 5) is 28.0. The van der Waals surface area contributed by atoms with E-state index in [9.17, 15) is 9.59 Å². The summed E-state index contributed by atoms with van der Waals surface area (Å²) >= 11 is 0. The first-order valence-corrected chi connectivity index (χ1v) is 6.76. The van der Waals surface area contributed by atoms with E-state index in [1.807, 2.05) is 32.0 Å². The number of aryl methyl sites for hydroxylation is 2. The second kappa shape index (κ2) is 4.37. The summed E-state index contributed by atoms with van der Waals surface area (Å²) in [5.74, 6) is 0.145. The second-order valence-corrected chi connectivity index (χ2v) is 5.46. The average molecular weight is 258 g/mol. The summed E-state index contributed by atoms with van der Waals surface area (Å²) in [6.45, 7) is 4.93. The zero-order valence-corrected chi connectivity index (χ0v) is 11.3. The van der Waals surface area contributed by atoms with Gasteiger partial charge >= 0.3 is 0 Å². The maximum absolute atomic E-state index is 12.5. The van der Waals surface area contributed by atoms with Crippen molar-refractivity contribution in [3.63, 3.8) is 0 Å². The van der Waals surface area contributed by atoms with Crippen LogP contribution in [0.15, 0.2) is 18.2 Å². The fourth-order valence-corrected chi connectivity index (χ4v) is 3.12. The van der Waals surface area contributed by atoms with Crippen LogP contribution in [0.3, 0.4) is 0 Å². The van der Waals surface area contributed by atoms with Crippen molar-refractivity contribution in [2.45, 2.75) is 32.7 Å². The molecule has 19 heavy (non-hydrogen) atoms. The lowest BCUT2D eigenvalue weighted by Crippen LogP contribution is -2.57. The molecule has 1 aromatic rings. The third-order valence-corrected chi connectivity index (χ3v) is 4.06. The van der Waals surface area contributed by atoms with E-state index in [0.717, 1.165) is 30.6 Å². The van der Waals surface area contributed by atoms with Crippen molar-refractivity contribution < 1.29 is 9.59 Å². The van der Waals surface area contributed by atoms with E-state index in [4.69, 9.17) is 0 Å². The number of carbonyl (C=O) groups excluding carboxylic acids is 2. The first-order chi connectivity index (χ1) is 9.08. The molecule has 2 heterocycles. The molecule has 2 saturated heterocycles. The highest BCUT2D eigenvalue weighted by molar-refractivity contribution is 6.07. The molecule has 0 saturated carbocycles. The highest BCUT2D eigenvalue weighted by Crippen LogP contribution is 2.29. The van der Waals surface area contributed by atoms with E-state index < -0.39 is 0 Å². The van der Waals surface area contributed by atoms with Crippen LogP contribution in [0.2, 0.25) is 0 Å². The van der Waals surface area contributed by atoms with Crippen molar-refractivity contribution in [2.75, 3.05) is 18.0 Å². The first-order valence-electron chi connectivity index (χ1n) is 6.76. The zero-order chi connectivity index (χ0) is 13.6. The van der Waals surface area contributed by atoms with Crippen LogP contribution in [0.5, 0.6) is 0 Å². The SMILES string of the molecule is Cc1ccc(N2CC(=O)N3CCCC3C2=O)c(C)c1. The minimum Gasteiger partial charge on any atom is -0.329 e. The molecule has 0 aliphatic carbocycles. The monoisotopic (exact) mass is 258 g/mol. The molecular weight excluding hydrogens is 240 g/mol. The molecule has 3 rings (SSSR count). The molecule has 2 aliphatic rings. The van der Waals surface area contributed by atoms with Crippen LogP contribution in [0.25, 0.3) is 0 Å². The Kier molecular flexibility index (Phi) is 2.81. The lowest BCUT2D eigenvalue weighted by Gasteiger charge is -2.37. The summed E-state index contributed by atoms with van der Waals surface area (Å²) in [5, 5.41) is 0. The lowest BCUT2D eigenvalue weighted by atomic mass is 10.1. The fourth-order valence-electron chi connectivity index (χ4n) is 3.12. The smallest absolute Gasteiger partial charge is 0.250 e.